The number of nitrogens with zero attached hydrogens (tertiary/aromatic N) is 1. The number of benzene rings is 2. The standard InChI is InChI=1S/C22H26N2O4/c25-20-15-24(13-12-22(20)11-4-14-27-22)16-21(26)23-17-7-9-19(10-8-17)28-18-5-2-1-3-6-18/h1-3,5-10,20,25H,4,11-16H2,(H,23,26)/t20-,22-/m0/s1. The smallest absolute Gasteiger partial charge is 0.238 e. The highest BCUT2D eigenvalue weighted by Gasteiger charge is 2.45. The zero-order valence-electron chi connectivity index (χ0n) is 15.8. The van der Waals surface area contributed by atoms with E-state index in [-0.39, 0.29) is 18.1 Å². The van der Waals surface area contributed by atoms with Crippen molar-refractivity contribution in [2.75, 3.05) is 31.6 Å². The first-order valence-electron chi connectivity index (χ1n) is 9.80. The van der Waals surface area contributed by atoms with Gasteiger partial charge in [0.15, 0.2) is 0 Å². The Labute approximate surface area is 165 Å². The fourth-order valence-electron chi connectivity index (χ4n) is 3.97. The number of hydrogen-bond donors (Lipinski definition) is 2. The first-order chi connectivity index (χ1) is 13.6. The monoisotopic (exact) mass is 382 g/mol. The Balaban J connectivity index is 1.27. The van der Waals surface area contributed by atoms with E-state index < -0.39 is 6.10 Å². The molecular formula is C22H26N2O4. The van der Waals surface area contributed by atoms with Crippen LogP contribution in [0.5, 0.6) is 11.5 Å². The highest BCUT2D eigenvalue weighted by molar-refractivity contribution is 5.92. The Morgan fingerprint density at radius 2 is 1.89 bits per heavy atom. The van der Waals surface area contributed by atoms with Gasteiger partial charge in [-0.25, -0.2) is 0 Å². The number of carbonyl (C=O) groups is 1. The lowest BCUT2D eigenvalue weighted by Crippen LogP contribution is -2.56. The molecule has 2 N–H and O–H groups in total. The number of amides is 1. The van der Waals surface area contributed by atoms with E-state index in [2.05, 4.69) is 5.32 Å². The summed E-state index contributed by atoms with van der Waals surface area (Å²) in [5.74, 6) is 1.39. The van der Waals surface area contributed by atoms with Gasteiger partial charge in [-0.3, -0.25) is 9.69 Å². The summed E-state index contributed by atoms with van der Waals surface area (Å²) in [5.41, 5.74) is 0.334. The van der Waals surface area contributed by atoms with Crippen molar-refractivity contribution in [1.29, 1.82) is 0 Å². The Hall–Kier alpha value is -2.41. The number of ether oxygens (including phenoxy) is 2. The minimum atomic E-state index is -0.536. The zero-order chi connectivity index (χ0) is 19.4. The molecule has 0 radical (unpaired) electrons. The molecule has 6 nitrogen and oxygen atoms in total. The molecule has 2 saturated heterocycles. The third-order valence-corrected chi connectivity index (χ3v) is 5.51. The summed E-state index contributed by atoms with van der Waals surface area (Å²) >= 11 is 0. The molecule has 2 heterocycles. The summed E-state index contributed by atoms with van der Waals surface area (Å²) in [6, 6.07) is 16.9. The first kappa shape index (κ1) is 18.9. The van der Waals surface area contributed by atoms with E-state index in [4.69, 9.17) is 9.47 Å². The molecule has 2 aliphatic rings. The summed E-state index contributed by atoms with van der Waals surface area (Å²) in [7, 11) is 0. The normalized spacial score (nSPS) is 25.0. The van der Waals surface area contributed by atoms with Gasteiger partial charge in [-0.05, 0) is 55.7 Å². The average molecular weight is 382 g/mol. The van der Waals surface area contributed by atoms with Crippen LogP contribution in [0, 0.1) is 0 Å². The van der Waals surface area contributed by atoms with E-state index in [0.29, 0.717) is 12.3 Å². The number of hydrogen-bond acceptors (Lipinski definition) is 5. The Bertz CT molecular complexity index is 788. The van der Waals surface area contributed by atoms with E-state index in [1.807, 2.05) is 59.5 Å². The number of nitrogens with one attached hydrogen (secondary N) is 1. The maximum Gasteiger partial charge on any atom is 0.238 e. The number of rotatable bonds is 5. The lowest BCUT2D eigenvalue weighted by Gasteiger charge is -2.42. The van der Waals surface area contributed by atoms with E-state index in [1.165, 1.54) is 0 Å². The molecule has 1 spiro atoms. The SMILES string of the molecule is O=C(CN1CC[C@@]2(CCCO2)[C@@H](O)C1)Nc1ccc(Oc2ccccc2)cc1. The van der Waals surface area contributed by atoms with Crippen LogP contribution in [-0.2, 0) is 9.53 Å². The highest BCUT2D eigenvalue weighted by atomic mass is 16.5. The lowest BCUT2D eigenvalue weighted by atomic mass is 9.86. The average Bonchev–Trinajstić information content (AvgIpc) is 3.17. The molecule has 1 amide bonds. The van der Waals surface area contributed by atoms with Crippen LogP contribution >= 0.6 is 0 Å². The second-order valence-electron chi connectivity index (χ2n) is 7.51. The minimum Gasteiger partial charge on any atom is -0.457 e. The van der Waals surface area contributed by atoms with Gasteiger partial charge in [-0.2, -0.15) is 0 Å². The largest absolute Gasteiger partial charge is 0.457 e. The molecular weight excluding hydrogens is 356 g/mol. The number of piperidine rings is 1. The number of anilines is 1. The number of para-hydroxylation sites is 1. The summed E-state index contributed by atoms with van der Waals surface area (Å²) in [4.78, 5) is 14.4. The first-order valence-corrected chi connectivity index (χ1v) is 9.80. The van der Waals surface area contributed by atoms with Gasteiger partial charge in [0.2, 0.25) is 5.91 Å². The molecule has 2 aromatic rings. The second-order valence-corrected chi connectivity index (χ2v) is 7.51. The van der Waals surface area contributed by atoms with Gasteiger partial charge in [0, 0.05) is 25.4 Å². The van der Waals surface area contributed by atoms with Gasteiger partial charge in [0.25, 0.3) is 0 Å². The van der Waals surface area contributed by atoms with E-state index in [9.17, 15) is 9.90 Å². The molecule has 4 rings (SSSR count). The van der Waals surface area contributed by atoms with Crippen molar-refractivity contribution >= 4 is 11.6 Å². The van der Waals surface area contributed by atoms with Crippen LogP contribution in [0.2, 0.25) is 0 Å². The number of carbonyl (C=O) groups excluding carboxylic acids is 1. The number of likely N-dealkylation sites (tertiary alicyclic amines) is 1. The number of aliphatic hydroxyl groups is 1. The molecule has 0 unspecified atom stereocenters. The van der Waals surface area contributed by atoms with Crippen LogP contribution in [0.3, 0.4) is 0 Å². The Morgan fingerprint density at radius 3 is 2.57 bits per heavy atom. The molecule has 2 atom stereocenters. The molecule has 6 heteroatoms. The Morgan fingerprint density at radius 1 is 1.14 bits per heavy atom. The third-order valence-electron chi connectivity index (χ3n) is 5.51. The van der Waals surface area contributed by atoms with Gasteiger partial charge >= 0.3 is 0 Å². The summed E-state index contributed by atoms with van der Waals surface area (Å²) in [5, 5.41) is 13.4. The quantitative estimate of drug-likeness (QED) is 0.832. The maximum absolute atomic E-state index is 12.4. The third kappa shape index (κ3) is 4.35. The topological polar surface area (TPSA) is 71.0 Å². The molecule has 0 bridgehead atoms. The number of aliphatic hydroxyl groups excluding tert-OH is 1. The minimum absolute atomic E-state index is 0.0905. The summed E-state index contributed by atoms with van der Waals surface area (Å²) < 4.78 is 11.6. The molecule has 2 aromatic carbocycles. The highest BCUT2D eigenvalue weighted by Crippen LogP contribution is 2.35. The van der Waals surface area contributed by atoms with E-state index in [1.54, 1.807) is 0 Å². The van der Waals surface area contributed by atoms with Crippen LogP contribution in [0.25, 0.3) is 0 Å². The van der Waals surface area contributed by atoms with Crippen molar-refractivity contribution < 1.29 is 19.4 Å². The Kier molecular flexibility index (Phi) is 5.62. The van der Waals surface area contributed by atoms with Gasteiger partial charge in [-0.1, -0.05) is 18.2 Å². The van der Waals surface area contributed by atoms with Crippen molar-refractivity contribution in [2.45, 2.75) is 31.0 Å². The summed E-state index contributed by atoms with van der Waals surface area (Å²) in [6.07, 6.45) is 2.14. The van der Waals surface area contributed by atoms with Crippen molar-refractivity contribution in [3.8, 4) is 11.5 Å². The van der Waals surface area contributed by atoms with E-state index >= 15 is 0 Å². The second kappa shape index (κ2) is 8.31. The van der Waals surface area contributed by atoms with Crippen molar-refractivity contribution in [3.63, 3.8) is 0 Å². The molecule has 0 saturated carbocycles. The van der Waals surface area contributed by atoms with Crippen molar-refractivity contribution in [2.24, 2.45) is 0 Å². The maximum atomic E-state index is 12.4. The summed E-state index contributed by atoms with van der Waals surface area (Å²) in [6.45, 7) is 2.21. The van der Waals surface area contributed by atoms with E-state index in [0.717, 1.165) is 43.9 Å². The van der Waals surface area contributed by atoms with Crippen molar-refractivity contribution in [3.05, 3.63) is 54.6 Å². The molecule has 2 fully saturated rings. The van der Waals surface area contributed by atoms with Crippen LogP contribution in [-0.4, -0.2) is 53.9 Å². The van der Waals surface area contributed by atoms with Crippen LogP contribution < -0.4 is 10.1 Å². The van der Waals surface area contributed by atoms with Gasteiger partial charge < -0.3 is 19.9 Å². The van der Waals surface area contributed by atoms with Gasteiger partial charge in [0.1, 0.15) is 11.5 Å². The predicted molar refractivity (Wildman–Crippen MR) is 107 cm³/mol. The predicted octanol–water partition coefficient (Wildman–Crippen LogP) is 3.03. The number of β-amino-alcohol motifs (C(OH)–C–C–N with tert-alkyl or cyclic N) is 1. The zero-order valence-corrected chi connectivity index (χ0v) is 15.8. The fourth-order valence-corrected chi connectivity index (χ4v) is 3.97. The molecule has 2 aliphatic heterocycles. The van der Waals surface area contributed by atoms with Crippen LogP contribution in [0.4, 0.5) is 5.69 Å². The molecule has 28 heavy (non-hydrogen) atoms. The lowest BCUT2D eigenvalue weighted by molar-refractivity contribution is -0.135. The van der Waals surface area contributed by atoms with Crippen LogP contribution in [0.15, 0.2) is 54.6 Å². The van der Waals surface area contributed by atoms with Gasteiger partial charge in [0.05, 0.1) is 18.2 Å². The molecule has 148 valence electrons. The molecule has 0 aromatic heterocycles. The molecule has 0 aliphatic carbocycles. The van der Waals surface area contributed by atoms with Gasteiger partial charge in [-0.15, -0.1) is 0 Å². The van der Waals surface area contributed by atoms with Crippen molar-refractivity contribution in [1.82, 2.24) is 4.90 Å². The van der Waals surface area contributed by atoms with Crippen LogP contribution in [0.1, 0.15) is 19.3 Å². The fraction of sp³-hybridized carbons (Fsp3) is 0.409.